The van der Waals surface area contributed by atoms with Crippen LogP contribution >= 0.6 is 11.6 Å². The number of hydrogen-bond acceptors (Lipinski definition) is 15. The van der Waals surface area contributed by atoms with Crippen LogP contribution in [-0.4, -0.2) is 136 Å². The number of Topliss-reactive ketones (excluding diaryl/α,β-unsaturated/α-hetero) is 5. The maximum absolute atomic E-state index is 14.3. The number of rotatable bonds is 47. The van der Waals surface area contributed by atoms with Crippen LogP contribution in [0.15, 0.2) is 54.6 Å². The van der Waals surface area contributed by atoms with E-state index in [9.17, 15) is 57.5 Å². The summed E-state index contributed by atoms with van der Waals surface area (Å²) in [7, 11) is 0. The first-order valence-corrected chi connectivity index (χ1v) is 32.8. The van der Waals surface area contributed by atoms with Crippen molar-refractivity contribution >= 4 is 101 Å². The minimum Gasteiger partial charge on any atom is -0.370 e. The average molecular weight is 1300 g/mol. The molecule has 7 amide bonds. The van der Waals surface area contributed by atoms with Crippen molar-refractivity contribution in [3.63, 3.8) is 0 Å². The van der Waals surface area contributed by atoms with Gasteiger partial charge >= 0.3 is 258 Å². The van der Waals surface area contributed by atoms with Crippen LogP contribution in [0.25, 0.3) is 0 Å². The first kappa shape index (κ1) is 76.9. The monoisotopic (exact) mass is 1300 g/mol. The number of carbonyl (C=O) groups is 12. The summed E-state index contributed by atoms with van der Waals surface area (Å²) < 4.78 is 0.777. The Morgan fingerprint density at radius 2 is 1.02 bits per heavy atom. The zero-order valence-electron chi connectivity index (χ0n) is 51.7. The van der Waals surface area contributed by atoms with Gasteiger partial charge in [-0.1, -0.05) is 70.9 Å². The molecule has 2 aromatic rings. The van der Waals surface area contributed by atoms with E-state index in [0.29, 0.717) is 50.2 Å². The molecule has 484 valence electrons. The summed E-state index contributed by atoms with van der Waals surface area (Å²) in [5, 5.41) is 14.1. The summed E-state index contributed by atoms with van der Waals surface area (Å²) in [5.41, 5.74) is 29.3. The molecule has 15 N–H and O–H groups in total. The molecule has 0 radical (unpaired) electrons. The number of amides is 7. The van der Waals surface area contributed by atoms with E-state index in [2.05, 4.69) is 26.6 Å². The second-order valence-electron chi connectivity index (χ2n) is 23.8. The van der Waals surface area contributed by atoms with Gasteiger partial charge in [0.2, 0.25) is 23.6 Å². The van der Waals surface area contributed by atoms with Crippen LogP contribution in [0.5, 0.6) is 0 Å². The number of halogens is 1. The van der Waals surface area contributed by atoms with E-state index in [-0.39, 0.29) is 93.7 Å². The summed E-state index contributed by atoms with van der Waals surface area (Å²) in [4.78, 5) is 161. The van der Waals surface area contributed by atoms with Gasteiger partial charge in [0.25, 0.3) is 0 Å². The maximum atomic E-state index is 14.3. The Kier molecular flexibility index (Phi) is 37.0. The summed E-state index contributed by atoms with van der Waals surface area (Å²) in [6, 6.07) is 11.9. The van der Waals surface area contributed by atoms with Gasteiger partial charge in [-0.05, 0) is 62.6 Å². The standard InChI is InChI=1S/C63H97ClN10O12Se/c1-38(2)26-44(62(85)72-50(28-40(5)6)55(79)33-43(19-13-15-25-66)61(84)73-52(34-57(68)80)54(78)32-42(59(69)82)18-12-14-24-65)30-46(75)36-71-60(83)45(37-87-56-21-11-10-20-48(56)64)31-47(76)35-70-58(81)23-22-53(77)51(29-41-16-8-7-9-17-41)74-63(86)49(67)27-39(3)4/h7-11,16-17,20-21,38-40,42-45,49-52H,12-15,18-19,22-37,65-67H2,1-6H3,(H2,68,80)(H2,69,82)(H,70,81)(H,71,83)(H,72,85)(H,73,84)(H,74,86)/t42-,43-,44-,45+,49+,50+,51+,52+/m1/s1. The van der Waals surface area contributed by atoms with Crippen LogP contribution in [0.1, 0.15) is 150 Å². The minimum absolute atomic E-state index is 0.0928. The number of benzene rings is 2. The fourth-order valence-corrected chi connectivity index (χ4v) is 12.4. The van der Waals surface area contributed by atoms with Gasteiger partial charge in [0.15, 0.2) is 5.78 Å². The van der Waals surface area contributed by atoms with E-state index in [4.69, 9.17) is 40.3 Å². The van der Waals surface area contributed by atoms with Crippen LogP contribution in [-0.2, 0) is 64.0 Å². The molecule has 0 saturated heterocycles. The number of nitrogens with two attached hydrogens (primary N) is 5. The number of carbonyl (C=O) groups excluding carboxylic acids is 12. The van der Waals surface area contributed by atoms with Gasteiger partial charge in [-0.15, -0.1) is 0 Å². The van der Waals surface area contributed by atoms with E-state index in [1.165, 1.54) is 0 Å². The molecule has 0 saturated carbocycles. The Hall–Kier alpha value is -6.23. The molecular formula is C63H97ClN10O12Se. The van der Waals surface area contributed by atoms with Gasteiger partial charge in [0.05, 0.1) is 18.5 Å². The summed E-state index contributed by atoms with van der Waals surface area (Å²) >= 11 is 6.05. The SMILES string of the molecule is CC(C)C[C@H](CC(=O)CNC(=O)[C@H](C[Se]c1ccccc1Cl)CC(=O)CNC(=O)CCC(=O)[C@H](Cc1ccccc1)NC(=O)[C@@H](N)CC(C)C)C(=O)N[C@@H](CC(C)C)C(=O)C[C@@H](CCCCN)C(=O)N[C@@H](CC(N)=O)C(=O)C[C@@H](CCCCN)C(N)=O. The Morgan fingerprint density at radius 1 is 0.506 bits per heavy atom. The molecule has 0 spiro atoms. The van der Waals surface area contributed by atoms with Gasteiger partial charge in [-0.25, -0.2) is 0 Å². The number of unbranched alkanes of at least 4 members (excludes halogenated alkanes) is 2. The third-order valence-corrected chi connectivity index (χ3v) is 17.7. The quantitative estimate of drug-likeness (QED) is 0.0336. The van der Waals surface area contributed by atoms with Crippen molar-refractivity contribution in [2.24, 2.45) is 70.1 Å². The molecule has 22 nitrogen and oxygen atoms in total. The molecule has 0 aliphatic carbocycles. The molecule has 0 aliphatic heterocycles. The third-order valence-electron chi connectivity index (χ3n) is 14.5. The molecule has 0 aliphatic rings. The predicted octanol–water partition coefficient (Wildman–Crippen LogP) is 2.75. The molecule has 2 aromatic carbocycles. The van der Waals surface area contributed by atoms with Crippen molar-refractivity contribution in [1.82, 2.24) is 26.6 Å². The third kappa shape index (κ3) is 32.0. The molecule has 24 heteroatoms. The molecule has 0 aromatic heterocycles. The topological polar surface area (TPSA) is 395 Å². The van der Waals surface area contributed by atoms with Crippen molar-refractivity contribution in [3.8, 4) is 0 Å². The van der Waals surface area contributed by atoms with Crippen LogP contribution < -0.4 is 59.7 Å². The van der Waals surface area contributed by atoms with Crippen LogP contribution in [0.4, 0.5) is 0 Å². The van der Waals surface area contributed by atoms with E-state index in [1.807, 2.05) is 77.9 Å². The van der Waals surface area contributed by atoms with E-state index in [0.717, 1.165) is 10.0 Å². The molecule has 8 atom stereocenters. The molecular weight excluding hydrogens is 1200 g/mol. The molecule has 0 bridgehead atoms. The van der Waals surface area contributed by atoms with E-state index >= 15 is 0 Å². The van der Waals surface area contributed by atoms with Crippen LogP contribution in [0, 0.1) is 41.4 Å². The zero-order valence-corrected chi connectivity index (χ0v) is 54.1. The van der Waals surface area contributed by atoms with Crippen molar-refractivity contribution < 1.29 is 57.5 Å². The van der Waals surface area contributed by atoms with Gasteiger partial charge in [0.1, 0.15) is 0 Å². The fraction of sp³-hybridized carbons (Fsp3) is 0.619. The Labute approximate surface area is 524 Å². The van der Waals surface area contributed by atoms with Gasteiger partial charge in [-0.3, -0.25) is 28.8 Å². The second kappa shape index (κ2) is 41.8. The Bertz CT molecular complexity index is 2590. The fourth-order valence-electron chi connectivity index (χ4n) is 9.82. The minimum atomic E-state index is -1.41. The smallest absolute Gasteiger partial charge is 0.370 e. The molecule has 0 fully saturated rings. The van der Waals surface area contributed by atoms with Crippen LogP contribution in [0.2, 0.25) is 10.3 Å². The van der Waals surface area contributed by atoms with Gasteiger partial charge < -0.3 is 34.0 Å². The Balaban J connectivity index is 2.23. The van der Waals surface area contributed by atoms with Crippen molar-refractivity contribution in [3.05, 3.63) is 65.2 Å². The second-order valence-corrected chi connectivity index (χ2v) is 26.5. The number of primary amides is 2. The van der Waals surface area contributed by atoms with Crippen molar-refractivity contribution in [2.75, 3.05) is 26.2 Å². The van der Waals surface area contributed by atoms with Crippen molar-refractivity contribution in [2.45, 2.75) is 180 Å². The van der Waals surface area contributed by atoms with Crippen LogP contribution in [0.3, 0.4) is 0 Å². The first-order valence-electron chi connectivity index (χ1n) is 30.4. The number of ketones is 5. The number of hydrogen-bond donors (Lipinski definition) is 10. The summed E-state index contributed by atoms with van der Waals surface area (Å²) in [6.45, 7) is 11.0. The first-order chi connectivity index (χ1) is 41.1. The molecule has 2 rings (SSSR count). The average Bonchev–Trinajstić information content (AvgIpc) is 3.45. The summed E-state index contributed by atoms with van der Waals surface area (Å²) in [5.74, 6) is -11.0. The molecule has 0 heterocycles. The molecule has 0 unspecified atom stereocenters. The number of nitrogens with one attached hydrogen (secondary N) is 5. The zero-order chi connectivity index (χ0) is 65.2. The Morgan fingerprint density at radius 3 is 1.60 bits per heavy atom. The predicted molar refractivity (Wildman–Crippen MR) is 335 cm³/mol. The van der Waals surface area contributed by atoms with E-state index in [1.54, 1.807) is 18.2 Å². The van der Waals surface area contributed by atoms with Gasteiger partial charge in [-0.2, -0.15) is 0 Å². The molecule has 87 heavy (non-hydrogen) atoms. The van der Waals surface area contributed by atoms with Crippen molar-refractivity contribution in [1.29, 1.82) is 0 Å². The van der Waals surface area contributed by atoms with E-state index < -0.39 is 153 Å². The normalized spacial score (nSPS) is 14.1. The van der Waals surface area contributed by atoms with Gasteiger partial charge in [0, 0.05) is 24.7 Å². The summed E-state index contributed by atoms with van der Waals surface area (Å²) in [6.07, 6.45) is 1.04.